The summed E-state index contributed by atoms with van der Waals surface area (Å²) in [6.45, 7) is 11.6. The minimum Gasteiger partial charge on any atom is -0.296 e. The third kappa shape index (κ3) is 15.6. The largest absolute Gasteiger partial charge is 0.296 e. The van der Waals surface area contributed by atoms with Crippen molar-refractivity contribution >= 4 is 101 Å². The first-order chi connectivity index (χ1) is 38.3. The van der Waals surface area contributed by atoms with Crippen LogP contribution in [0.4, 0.5) is 0 Å². The Bertz CT molecular complexity index is 2060. The van der Waals surface area contributed by atoms with Gasteiger partial charge in [0.05, 0.1) is 47.9 Å². The first-order valence-electron chi connectivity index (χ1n) is 32.1. The van der Waals surface area contributed by atoms with E-state index in [1.54, 1.807) is 0 Å². The highest BCUT2D eigenvalue weighted by molar-refractivity contribution is 8.15. The summed E-state index contributed by atoms with van der Waals surface area (Å²) in [7, 11) is -0.781. The number of unbranched alkanes of at least 4 members (excludes halogenated alkanes) is 30. The van der Waals surface area contributed by atoms with Gasteiger partial charge in [0.1, 0.15) is 0 Å². The van der Waals surface area contributed by atoms with Crippen molar-refractivity contribution in [2.24, 2.45) is 11.8 Å². The molecule has 0 saturated carbocycles. The molecule has 10 aliphatic heterocycles. The van der Waals surface area contributed by atoms with Crippen LogP contribution in [0.25, 0.3) is 0 Å². The van der Waals surface area contributed by atoms with Crippen LogP contribution in [0.1, 0.15) is 254 Å². The third-order valence-corrected chi connectivity index (χ3v) is 24.5. The second kappa shape index (κ2) is 31.3. The van der Waals surface area contributed by atoms with Crippen LogP contribution in [0.2, 0.25) is 0 Å². The molecule has 10 aliphatic rings. The Kier molecular flexibility index (Phi) is 24.2. The molecule has 0 atom stereocenters. The van der Waals surface area contributed by atoms with Crippen LogP contribution in [0.5, 0.6) is 0 Å². The van der Waals surface area contributed by atoms with Crippen molar-refractivity contribution in [3.8, 4) is 0 Å². The molecule has 12 rings (SSSR count). The van der Waals surface area contributed by atoms with Gasteiger partial charge in [-0.05, 0) is 95.8 Å². The molecular weight excluding hydrogens is 1070 g/mol. The lowest BCUT2D eigenvalue weighted by Crippen LogP contribution is -2.56. The van der Waals surface area contributed by atoms with Crippen LogP contribution in [0, 0.1) is 11.8 Å². The molecule has 0 radical (unpaired) electrons. The second-order valence-electron chi connectivity index (χ2n) is 24.4. The first kappa shape index (κ1) is 60.2. The molecule has 0 amide bonds. The Hall–Kier alpha value is -2.36. The minimum absolute atomic E-state index is 0.390. The molecule has 14 heteroatoms. The molecule has 78 heavy (non-hydrogen) atoms. The molecular formula is C64H100N8S6. The molecule has 10 heterocycles. The van der Waals surface area contributed by atoms with Crippen molar-refractivity contribution in [2.75, 3.05) is 26.2 Å². The molecule has 0 N–H and O–H groups in total. The fourth-order valence-corrected chi connectivity index (χ4v) is 20.0. The lowest BCUT2D eigenvalue weighted by Gasteiger charge is -2.41. The van der Waals surface area contributed by atoms with E-state index in [1.807, 2.05) is 0 Å². The molecule has 0 aliphatic carbocycles. The van der Waals surface area contributed by atoms with E-state index in [0.717, 1.165) is 72.8 Å². The van der Waals surface area contributed by atoms with Gasteiger partial charge < -0.3 is 0 Å². The number of benzene rings is 2. The normalized spacial score (nSPS) is 20.2. The highest BCUT2D eigenvalue weighted by atomic mass is 32.2. The molecule has 8 nitrogen and oxygen atoms in total. The van der Waals surface area contributed by atoms with Gasteiger partial charge >= 0.3 is 0 Å². The molecule has 2 aromatic carbocycles. The fourth-order valence-electron chi connectivity index (χ4n) is 13.3. The summed E-state index contributed by atoms with van der Waals surface area (Å²) in [5, 5.41) is 6.46. The lowest BCUT2D eigenvalue weighted by molar-refractivity contribution is 0.280. The molecule has 2 aromatic rings. The van der Waals surface area contributed by atoms with E-state index in [0.29, 0.717) is 11.8 Å². The van der Waals surface area contributed by atoms with Crippen molar-refractivity contribution in [3.05, 3.63) is 70.8 Å². The van der Waals surface area contributed by atoms with E-state index in [1.165, 1.54) is 251 Å². The Morgan fingerprint density at radius 3 is 0.705 bits per heavy atom. The van der Waals surface area contributed by atoms with E-state index in [9.17, 15) is 0 Å². The molecule has 2 fully saturated rings. The monoisotopic (exact) mass is 1170 g/mol. The fraction of sp³-hybridized carbons (Fsp3) is 0.719. The highest BCUT2D eigenvalue weighted by Gasteiger charge is 2.52. The van der Waals surface area contributed by atoms with Gasteiger partial charge in [-0.15, -0.1) is 0 Å². The van der Waals surface area contributed by atoms with Gasteiger partial charge in [-0.3, -0.25) is 36.8 Å². The predicted octanol–water partition coefficient (Wildman–Crippen LogP) is 17.9. The van der Waals surface area contributed by atoms with Crippen LogP contribution in [0.15, 0.2) is 48.5 Å². The quantitative estimate of drug-likeness (QED) is 0.0493. The minimum atomic E-state index is -0.390. The zero-order chi connectivity index (χ0) is 54.1. The molecule has 432 valence electrons. The van der Waals surface area contributed by atoms with E-state index >= 15 is 0 Å². The maximum absolute atomic E-state index is 6.49. The first-order valence-corrected chi connectivity index (χ1v) is 36.0. The average molecular weight is 1170 g/mol. The lowest BCUT2D eigenvalue weighted by atomic mass is 9.97. The number of thiocarbonyl (C=S) groups is 4. The van der Waals surface area contributed by atoms with E-state index in [-0.39, 0.29) is 0 Å². The van der Waals surface area contributed by atoms with Crippen molar-refractivity contribution in [2.45, 2.75) is 258 Å². The number of hydrogen-bond acceptors (Lipinski definition) is 4. The van der Waals surface area contributed by atoms with Crippen LogP contribution in [-0.2, 0) is 26.2 Å². The molecule has 2 saturated heterocycles. The van der Waals surface area contributed by atoms with Gasteiger partial charge in [0, 0.05) is 26.2 Å². The SMILES string of the molecule is CCCCCCCCCCCCCCCCCCC1CN2C(=S)N3Cc4ccc(cc4)CN4C(=S)N5CC(CCCCCCCCCCCCCCCCCC)CN6C(=S)N(Cc7ccc(cc7)CN7C(=S)N(C1)C2=S37)S4=C56. The number of rotatable bonds is 34. The van der Waals surface area contributed by atoms with Crippen LogP contribution < -0.4 is 0 Å². The topological polar surface area (TPSA) is 25.9 Å². The average Bonchev–Trinajstić information content (AvgIpc) is 4.20. The molecule has 4 bridgehead atoms. The van der Waals surface area contributed by atoms with Crippen molar-refractivity contribution in [1.29, 1.82) is 0 Å². The molecule has 0 unspecified atom stereocenters. The third-order valence-electron chi connectivity index (χ3n) is 17.9. The maximum Gasteiger partial charge on any atom is 0.189 e. The standard InChI is InChI=1S/C64H100N8S6/c1-3-5-7-9-11-13-15-17-19-21-23-25-27-29-31-33-35-57-45-65-59(73)69-49-53-37-41-55(42-38-53)51-71-61(75)67-47-58(36-34-32-30-28-26-24-22-20-18-16-14-12-10-8-6-4-2)48-68-62(76)72(78(71)64(67)68)52-56-43-39-54(40-44-56)50-70-60(74)66(46-57)63(65)77(69)70/h37-44,57-58H,3-36,45-52H2,1-2H3. The highest BCUT2D eigenvalue weighted by Crippen LogP contribution is 2.49. The van der Waals surface area contributed by atoms with Gasteiger partial charge in [-0.25, -0.2) is 0 Å². The van der Waals surface area contributed by atoms with Gasteiger partial charge in [0.25, 0.3) is 0 Å². The molecule has 0 spiro atoms. The predicted molar refractivity (Wildman–Crippen MR) is 353 cm³/mol. The zero-order valence-corrected chi connectivity index (χ0v) is 53.4. The van der Waals surface area contributed by atoms with Crippen LogP contribution >= 0.6 is 70.6 Å². The van der Waals surface area contributed by atoms with Gasteiger partial charge in [-0.1, -0.05) is 268 Å². The number of nitrogens with zero attached hydrogens (tertiary/aromatic N) is 8. The summed E-state index contributed by atoms with van der Waals surface area (Å²) < 4.78 is 9.98. The summed E-state index contributed by atoms with van der Waals surface area (Å²) in [5.41, 5.74) is 5.11. The second-order valence-corrected chi connectivity index (χ2v) is 29.4. The van der Waals surface area contributed by atoms with Crippen molar-refractivity contribution in [1.82, 2.24) is 36.8 Å². The summed E-state index contributed by atoms with van der Waals surface area (Å²) in [4.78, 5) is 9.94. The Balaban J connectivity index is 0.766. The van der Waals surface area contributed by atoms with E-state index in [4.69, 9.17) is 48.9 Å². The maximum atomic E-state index is 6.49. The Morgan fingerprint density at radius 1 is 0.308 bits per heavy atom. The van der Waals surface area contributed by atoms with Gasteiger partial charge in [0.2, 0.25) is 0 Å². The van der Waals surface area contributed by atoms with Gasteiger partial charge in [-0.2, -0.15) is 0 Å². The number of hydrogen-bond donors (Lipinski definition) is 0. The van der Waals surface area contributed by atoms with Gasteiger partial charge in [0.15, 0.2) is 30.7 Å². The van der Waals surface area contributed by atoms with E-state index in [2.05, 4.69) is 99.2 Å². The Labute approximate surface area is 501 Å². The summed E-state index contributed by atoms with van der Waals surface area (Å²) in [6.07, 6.45) is 47.4. The van der Waals surface area contributed by atoms with E-state index < -0.39 is 21.7 Å². The summed E-state index contributed by atoms with van der Waals surface area (Å²) >= 11 is 26.0. The van der Waals surface area contributed by atoms with Crippen LogP contribution in [-0.4, -0.2) is 93.7 Å². The van der Waals surface area contributed by atoms with Crippen LogP contribution in [0.3, 0.4) is 0 Å². The Morgan fingerprint density at radius 2 is 0.500 bits per heavy atom. The van der Waals surface area contributed by atoms with Crippen molar-refractivity contribution in [3.63, 3.8) is 0 Å². The summed E-state index contributed by atoms with van der Waals surface area (Å²) in [5.74, 6) is 1.09. The van der Waals surface area contributed by atoms with Crippen molar-refractivity contribution < 1.29 is 0 Å². The summed E-state index contributed by atoms with van der Waals surface area (Å²) in [6, 6.07) is 18.7. The molecule has 0 aromatic heterocycles. The zero-order valence-electron chi connectivity index (χ0n) is 48.5. The smallest absolute Gasteiger partial charge is 0.189 e.